The summed E-state index contributed by atoms with van der Waals surface area (Å²) in [6.45, 7) is 0. The van der Waals surface area contributed by atoms with Crippen molar-refractivity contribution in [1.29, 1.82) is 0 Å². The maximum Gasteiger partial charge on any atom is 0.185 e. The molecule has 0 aliphatic carbocycles. The van der Waals surface area contributed by atoms with Gasteiger partial charge in [-0.1, -0.05) is 54.6 Å². The third kappa shape index (κ3) is 4.23. The molecule has 0 atom stereocenters. The zero-order chi connectivity index (χ0) is 19.9. The fraction of sp³-hybridized carbons (Fsp3) is 0.125. The van der Waals surface area contributed by atoms with E-state index < -0.39 is 0 Å². The van der Waals surface area contributed by atoms with Gasteiger partial charge in [-0.15, -0.1) is 0 Å². The summed E-state index contributed by atoms with van der Waals surface area (Å²) in [5.41, 5.74) is 1.48. The van der Waals surface area contributed by atoms with Crippen LogP contribution in [0.1, 0.15) is 15.9 Å². The maximum atomic E-state index is 12.4. The van der Waals surface area contributed by atoms with E-state index in [1.54, 1.807) is 45.6 Å². The molecule has 4 heteroatoms. The van der Waals surface area contributed by atoms with Crippen LogP contribution in [0.5, 0.6) is 17.2 Å². The Bertz CT molecular complexity index is 1050. The van der Waals surface area contributed by atoms with E-state index in [-0.39, 0.29) is 5.78 Å². The van der Waals surface area contributed by atoms with Gasteiger partial charge in [0.15, 0.2) is 17.3 Å². The van der Waals surface area contributed by atoms with Crippen molar-refractivity contribution < 1.29 is 19.0 Å². The Morgan fingerprint density at radius 1 is 0.750 bits per heavy atom. The van der Waals surface area contributed by atoms with Crippen molar-refractivity contribution in [3.63, 3.8) is 0 Å². The lowest BCUT2D eigenvalue weighted by atomic mass is 10.0. The zero-order valence-corrected chi connectivity index (χ0v) is 16.1. The number of allylic oxidation sites excluding steroid dienone is 3. The van der Waals surface area contributed by atoms with Gasteiger partial charge < -0.3 is 14.2 Å². The molecule has 0 spiro atoms. The molecule has 0 radical (unpaired) electrons. The first-order valence-corrected chi connectivity index (χ1v) is 8.84. The van der Waals surface area contributed by atoms with E-state index in [1.165, 1.54) is 0 Å². The molecule has 0 aromatic heterocycles. The van der Waals surface area contributed by atoms with Gasteiger partial charge in [0.2, 0.25) is 0 Å². The molecule has 28 heavy (non-hydrogen) atoms. The second-order valence-electron chi connectivity index (χ2n) is 6.09. The van der Waals surface area contributed by atoms with Crippen LogP contribution in [0.4, 0.5) is 0 Å². The Morgan fingerprint density at radius 2 is 1.43 bits per heavy atom. The highest BCUT2D eigenvalue weighted by atomic mass is 16.5. The quantitative estimate of drug-likeness (QED) is 0.319. The lowest BCUT2D eigenvalue weighted by Gasteiger charge is -2.11. The highest BCUT2D eigenvalue weighted by Gasteiger charge is 2.09. The molecule has 0 amide bonds. The molecule has 0 saturated heterocycles. The van der Waals surface area contributed by atoms with Crippen molar-refractivity contribution in [2.24, 2.45) is 0 Å². The summed E-state index contributed by atoms with van der Waals surface area (Å²) in [4.78, 5) is 12.4. The van der Waals surface area contributed by atoms with E-state index >= 15 is 0 Å². The second kappa shape index (κ2) is 8.91. The summed E-state index contributed by atoms with van der Waals surface area (Å²) >= 11 is 0. The predicted molar refractivity (Wildman–Crippen MR) is 113 cm³/mol. The molecule has 142 valence electrons. The summed E-state index contributed by atoms with van der Waals surface area (Å²) in [7, 11) is 4.76. The van der Waals surface area contributed by atoms with Crippen molar-refractivity contribution in [3.8, 4) is 17.2 Å². The van der Waals surface area contributed by atoms with Crippen LogP contribution in [0.3, 0.4) is 0 Å². The Hall–Kier alpha value is -3.53. The molecule has 4 nitrogen and oxygen atoms in total. The number of rotatable bonds is 7. The number of methoxy groups -OCH3 is 3. The molecule has 0 unspecified atom stereocenters. The van der Waals surface area contributed by atoms with Crippen LogP contribution in [-0.2, 0) is 0 Å². The average molecular weight is 374 g/mol. The van der Waals surface area contributed by atoms with Gasteiger partial charge in [0, 0.05) is 17.2 Å². The molecule has 3 aromatic carbocycles. The SMILES string of the molecule is COc1cc(OC)c(OC)cc1/C=C/C=C/C(=O)c1ccc2ccccc2c1. The molecule has 0 N–H and O–H groups in total. The largest absolute Gasteiger partial charge is 0.496 e. The predicted octanol–water partition coefficient (Wildman–Crippen LogP) is 5.32. The van der Waals surface area contributed by atoms with Gasteiger partial charge in [-0.2, -0.15) is 0 Å². The average Bonchev–Trinajstić information content (AvgIpc) is 2.75. The van der Waals surface area contributed by atoms with Crippen LogP contribution in [0.15, 0.2) is 72.8 Å². The van der Waals surface area contributed by atoms with Gasteiger partial charge in [0.1, 0.15) is 5.75 Å². The van der Waals surface area contributed by atoms with E-state index in [0.717, 1.165) is 16.3 Å². The smallest absolute Gasteiger partial charge is 0.185 e. The summed E-state index contributed by atoms with van der Waals surface area (Å²) in [6, 6.07) is 17.3. The highest BCUT2D eigenvalue weighted by molar-refractivity contribution is 6.06. The molecule has 0 fully saturated rings. The minimum Gasteiger partial charge on any atom is -0.496 e. The number of ketones is 1. The van der Waals surface area contributed by atoms with Crippen LogP contribution in [0, 0.1) is 0 Å². The summed E-state index contributed by atoms with van der Waals surface area (Å²) in [5.74, 6) is 1.82. The van der Waals surface area contributed by atoms with Crippen LogP contribution in [-0.4, -0.2) is 27.1 Å². The lowest BCUT2D eigenvalue weighted by Crippen LogP contribution is -1.94. The van der Waals surface area contributed by atoms with Gasteiger partial charge in [-0.25, -0.2) is 0 Å². The lowest BCUT2D eigenvalue weighted by molar-refractivity contribution is 0.104. The summed E-state index contributed by atoms with van der Waals surface area (Å²) in [5, 5.41) is 2.16. The summed E-state index contributed by atoms with van der Waals surface area (Å²) in [6.07, 6.45) is 6.91. The first-order valence-electron chi connectivity index (χ1n) is 8.84. The van der Waals surface area contributed by atoms with E-state index in [2.05, 4.69) is 0 Å². The van der Waals surface area contributed by atoms with Gasteiger partial charge in [-0.05, 0) is 29.0 Å². The monoisotopic (exact) mass is 374 g/mol. The van der Waals surface area contributed by atoms with Gasteiger partial charge >= 0.3 is 0 Å². The van der Waals surface area contributed by atoms with Crippen molar-refractivity contribution in [2.75, 3.05) is 21.3 Å². The molecule has 3 aromatic rings. The summed E-state index contributed by atoms with van der Waals surface area (Å²) < 4.78 is 16.0. The Kier molecular flexibility index (Phi) is 6.12. The molecule has 0 bridgehead atoms. The molecular formula is C24H22O4. The fourth-order valence-corrected chi connectivity index (χ4v) is 2.92. The second-order valence-corrected chi connectivity index (χ2v) is 6.09. The third-order valence-corrected chi connectivity index (χ3v) is 4.40. The molecule has 3 rings (SSSR count). The van der Waals surface area contributed by atoms with Crippen molar-refractivity contribution in [2.45, 2.75) is 0 Å². The number of hydrogen-bond donors (Lipinski definition) is 0. The van der Waals surface area contributed by atoms with E-state index in [0.29, 0.717) is 22.8 Å². The van der Waals surface area contributed by atoms with Gasteiger partial charge in [-0.3, -0.25) is 4.79 Å². The molecular weight excluding hydrogens is 352 g/mol. The fourth-order valence-electron chi connectivity index (χ4n) is 2.92. The van der Waals surface area contributed by atoms with Crippen LogP contribution >= 0.6 is 0 Å². The first kappa shape index (κ1) is 19.2. The Balaban J connectivity index is 1.77. The van der Waals surface area contributed by atoms with E-state index in [1.807, 2.05) is 54.6 Å². The Labute approximate surface area is 164 Å². The topological polar surface area (TPSA) is 44.8 Å². The minimum absolute atomic E-state index is 0.0466. The third-order valence-electron chi connectivity index (χ3n) is 4.40. The number of hydrogen-bond acceptors (Lipinski definition) is 4. The molecule has 0 heterocycles. The number of ether oxygens (including phenoxy) is 3. The number of carbonyl (C=O) groups is 1. The van der Waals surface area contributed by atoms with Crippen molar-refractivity contribution in [3.05, 3.63) is 84.0 Å². The molecule has 0 saturated carbocycles. The standard InChI is InChI=1S/C24H22O4/c1-26-22-16-24(28-3)23(27-2)15-20(22)10-6-7-11-21(25)19-13-12-17-8-4-5-9-18(17)14-19/h4-16H,1-3H3/b10-6+,11-7+. The normalized spacial score (nSPS) is 11.2. The van der Waals surface area contributed by atoms with Crippen LogP contribution in [0.25, 0.3) is 16.8 Å². The van der Waals surface area contributed by atoms with Crippen LogP contribution in [0.2, 0.25) is 0 Å². The highest BCUT2D eigenvalue weighted by Crippen LogP contribution is 2.35. The first-order chi connectivity index (χ1) is 13.7. The van der Waals surface area contributed by atoms with Gasteiger partial charge in [0.25, 0.3) is 0 Å². The van der Waals surface area contributed by atoms with Crippen LogP contribution < -0.4 is 14.2 Å². The number of fused-ring (bicyclic) bond motifs is 1. The maximum absolute atomic E-state index is 12.4. The molecule has 0 aliphatic rings. The molecule has 0 aliphatic heterocycles. The minimum atomic E-state index is -0.0466. The van der Waals surface area contributed by atoms with E-state index in [9.17, 15) is 4.79 Å². The number of carbonyl (C=O) groups excluding carboxylic acids is 1. The van der Waals surface area contributed by atoms with Crippen molar-refractivity contribution >= 4 is 22.6 Å². The van der Waals surface area contributed by atoms with E-state index in [4.69, 9.17) is 14.2 Å². The number of benzene rings is 3. The van der Waals surface area contributed by atoms with Crippen molar-refractivity contribution in [1.82, 2.24) is 0 Å². The van der Waals surface area contributed by atoms with Gasteiger partial charge in [0.05, 0.1) is 21.3 Å². The Morgan fingerprint density at radius 3 is 2.14 bits per heavy atom. The zero-order valence-electron chi connectivity index (χ0n) is 16.1.